The predicted molar refractivity (Wildman–Crippen MR) is 82.5 cm³/mol. The minimum absolute atomic E-state index is 0.242. The smallest absolute Gasteiger partial charge is 0.144 e. The van der Waals surface area contributed by atoms with Crippen molar-refractivity contribution >= 4 is 21.7 Å². The Morgan fingerprint density at radius 2 is 1.75 bits per heavy atom. The van der Waals surface area contributed by atoms with Gasteiger partial charge in [-0.05, 0) is 54.4 Å². The summed E-state index contributed by atoms with van der Waals surface area (Å²) in [6.07, 6.45) is 0. The first kappa shape index (κ1) is 14.9. The van der Waals surface area contributed by atoms with Gasteiger partial charge in [-0.2, -0.15) is 0 Å². The first-order valence-corrected chi connectivity index (χ1v) is 7.14. The number of nitrogens with one attached hydrogen (secondary N) is 1. The van der Waals surface area contributed by atoms with Crippen LogP contribution in [-0.4, -0.2) is 17.0 Å². The second kappa shape index (κ2) is 5.48. The van der Waals surface area contributed by atoms with Crippen LogP contribution in [0.15, 0.2) is 28.7 Å². The number of nitrogens with zero attached hydrogens (tertiary/aromatic N) is 2. The molecule has 0 fully saturated rings. The molecule has 1 N–H and O–H groups in total. The first-order valence-electron chi connectivity index (χ1n) is 6.34. The van der Waals surface area contributed by atoms with Gasteiger partial charge in [-0.15, -0.1) is 0 Å². The fourth-order valence-corrected chi connectivity index (χ4v) is 2.38. The van der Waals surface area contributed by atoms with Crippen LogP contribution >= 0.6 is 15.9 Å². The zero-order chi connectivity index (χ0) is 14.9. The highest BCUT2D eigenvalue weighted by Gasteiger charge is 2.28. The van der Waals surface area contributed by atoms with Gasteiger partial charge >= 0.3 is 0 Å². The minimum Gasteiger partial charge on any atom is -0.372 e. The standard InChI is InChI=1S/C15H17BrFN3/c1-9-12(16)13(18-4)20-14(19-9)15(2,3)10-5-7-11(17)8-6-10/h5-8H,1-4H3,(H,18,19,20). The van der Waals surface area contributed by atoms with E-state index in [4.69, 9.17) is 0 Å². The third-order valence-corrected chi connectivity index (χ3v) is 4.33. The van der Waals surface area contributed by atoms with E-state index in [0.717, 1.165) is 21.5 Å². The summed E-state index contributed by atoms with van der Waals surface area (Å²) in [5.74, 6) is 1.21. The maximum absolute atomic E-state index is 13.1. The Hall–Kier alpha value is -1.49. The van der Waals surface area contributed by atoms with Crippen molar-refractivity contribution in [3.63, 3.8) is 0 Å². The van der Waals surface area contributed by atoms with Crippen LogP contribution in [0.25, 0.3) is 0 Å². The fourth-order valence-electron chi connectivity index (χ4n) is 2.00. The van der Waals surface area contributed by atoms with Crippen LogP contribution in [0.2, 0.25) is 0 Å². The van der Waals surface area contributed by atoms with Gasteiger partial charge in [0.25, 0.3) is 0 Å². The lowest BCUT2D eigenvalue weighted by Crippen LogP contribution is -2.23. The second-order valence-electron chi connectivity index (χ2n) is 5.18. The number of hydrogen-bond donors (Lipinski definition) is 1. The molecule has 0 unspecified atom stereocenters. The van der Waals surface area contributed by atoms with Gasteiger partial charge < -0.3 is 5.32 Å². The van der Waals surface area contributed by atoms with Crippen molar-refractivity contribution < 1.29 is 4.39 Å². The SMILES string of the molecule is CNc1nc(C(C)(C)c2ccc(F)cc2)nc(C)c1Br. The Kier molecular flexibility index (Phi) is 4.09. The summed E-state index contributed by atoms with van der Waals surface area (Å²) in [4.78, 5) is 9.12. The Labute approximate surface area is 126 Å². The molecule has 0 aliphatic carbocycles. The molecule has 0 aliphatic heterocycles. The van der Waals surface area contributed by atoms with Crippen LogP contribution in [0.5, 0.6) is 0 Å². The number of anilines is 1. The molecular weight excluding hydrogens is 321 g/mol. The lowest BCUT2D eigenvalue weighted by atomic mass is 9.83. The van der Waals surface area contributed by atoms with E-state index >= 15 is 0 Å². The number of rotatable bonds is 3. The number of halogens is 2. The predicted octanol–water partition coefficient (Wildman–Crippen LogP) is 4.05. The quantitative estimate of drug-likeness (QED) is 0.917. The highest BCUT2D eigenvalue weighted by molar-refractivity contribution is 9.10. The van der Waals surface area contributed by atoms with Crippen molar-refractivity contribution in [1.29, 1.82) is 0 Å². The zero-order valence-corrected chi connectivity index (χ0v) is 13.5. The van der Waals surface area contributed by atoms with Crippen molar-refractivity contribution in [2.45, 2.75) is 26.2 Å². The molecule has 5 heteroatoms. The van der Waals surface area contributed by atoms with Crippen molar-refractivity contribution in [3.05, 3.63) is 51.6 Å². The third kappa shape index (κ3) is 2.68. The van der Waals surface area contributed by atoms with Gasteiger partial charge in [-0.1, -0.05) is 12.1 Å². The summed E-state index contributed by atoms with van der Waals surface area (Å²) >= 11 is 3.47. The van der Waals surface area contributed by atoms with E-state index < -0.39 is 5.41 Å². The molecule has 1 aromatic carbocycles. The van der Waals surface area contributed by atoms with Gasteiger partial charge in [0.15, 0.2) is 0 Å². The Morgan fingerprint density at radius 3 is 2.30 bits per heavy atom. The maximum atomic E-state index is 13.1. The highest BCUT2D eigenvalue weighted by atomic mass is 79.9. The number of benzene rings is 1. The lowest BCUT2D eigenvalue weighted by Gasteiger charge is -2.25. The van der Waals surface area contributed by atoms with E-state index in [1.54, 1.807) is 12.1 Å². The second-order valence-corrected chi connectivity index (χ2v) is 5.97. The zero-order valence-electron chi connectivity index (χ0n) is 12.0. The normalized spacial score (nSPS) is 11.5. The van der Waals surface area contributed by atoms with Gasteiger partial charge in [0.2, 0.25) is 0 Å². The third-order valence-electron chi connectivity index (χ3n) is 3.38. The number of aromatic nitrogens is 2. The van der Waals surface area contributed by atoms with Crippen molar-refractivity contribution in [2.75, 3.05) is 12.4 Å². The minimum atomic E-state index is -0.398. The van der Waals surface area contributed by atoms with Crippen LogP contribution in [0.3, 0.4) is 0 Å². The van der Waals surface area contributed by atoms with Crippen LogP contribution in [0, 0.1) is 12.7 Å². The van der Waals surface area contributed by atoms with Crippen LogP contribution < -0.4 is 5.32 Å². The molecule has 0 amide bonds. The van der Waals surface area contributed by atoms with E-state index in [1.807, 2.05) is 27.8 Å². The van der Waals surface area contributed by atoms with E-state index in [9.17, 15) is 4.39 Å². The van der Waals surface area contributed by atoms with E-state index in [1.165, 1.54) is 12.1 Å². The lowest BCUT2D eigenvalue weighted by molar-refractivity contribution is 0.581. The summed E-state index contributed by atoms with van der Waals surface area (Å²) in [6, 6.07) is 6.47. The number of aryl methyl sites for hydroxylation is 1. The highest BCUT2D eigenvalue weighted by Crippen LogP contribution is 2.32. The van der Waals surface area contributed by atoms with Crippen LogP contribution in [0.4, 0.5) is 10.2 Å². The molecule has 106 valence electrons. The molecule has 0 spiro atoms. The molecule has 2 rings (SSSR count). The topological polar surface area (TPSA) is 37.8 Å². The molecule has 3 nitrogen and oxygen atoms in total. The average Bonchev–Trinajstić information content (AvgIpc) is 2.42. The molecule has 0 bridgehead atoms. The van der Waals surface area contributed by atoms with Crippen LogP contribution in [0.1, 0.15) is 30.9 Å². The van der Waals surface area contributed by atoms with Crippen LogP contribution in [-0.2, 0) is 5.41 Å². The summed E-state index contributed by atoms with van der Waals surface area (Å²) in [7, 11) is 1.82. The van der Waals surface area contributed by atoms with Gasteiger partial charge in [-0.25, -0.2) is 14.4 Å². The molecule has 1 aromatic heterocycles. The summed E-state index contributed by atoms with van der Waals surface area (Å²) in [6.45, 7) is 5.99. The number of hydrogen-bond acceptors (Lipinski definition) is 3. The fraction of sp³-hybridized carbons (Fsp3) is 0.333. The van der Waals surface area contributed by atoms with E-state index in [0.29, 0.717) is 5.82 Å². The van der Waals surface area contributed by atoms with Gasteiger partial charge in [0.1, 0.15) is 17.5 Å². The maximum Gasteiger partial charge on any atom is 0.144 e. The Morgan fingerprint density at radius 1 is 1.15 bits per heavy atom. The Balaban J connectivity index is 2.53. The van der Waals surface area contributed by atoms with Gasteiger partial charge in [0.05, 0.1) is 10.2 Å². The Bertz CT molecular complexity index is 624. The van der Waals surface area contributed by atoms with Crippen molar-refractivity contribution in [1.82, 2.24) is 9.97 Å². The largest absolute Gasteiger partial charge is 0.372 e. The molecular formula is C15H17BrFN3. The van der Waals surface area contributed by atoms with Gasteiger partial charge in [0, 0.05) is 12.5 Å². The molecule has 20 heavy (non-hydrogen) atoms. The van der Waals surface area contributed by atoms with E-state index in [-0.39, 0.29) is 5.82 Å². The molecule has 0 saturated heterocycles. The molecule has 0 atom stereocenters. The summed E-state index contributed by atoms with van der Waals surface area (Å²) in [5.41, 5.74) is 1.45. The molecule has 2 aromatic rings. The molecule has 0 saturated carbocycles. The van der Waals surface area contributed by atoms with Gasteiger partial charge in [-0.3, -0.25) is 0 Å². The monoisotopic (exact) mass is 337 g/mol. The van der Waals surface area contributed by atoms with Crippen molar-refractivity contribution in [3.8, 4) is 0 Å². The summed E-state index contributed by atoms with van der Waals surface area (Å²) in [5, 5.41) is 3.05. The average molecular weight is 338 g/mol. The molecule has 0 aliphatic rings. The first-order chi connectivity index (χ1) is 9.36. The molecule has 1 heterocycles. The summed E-state index contributed by atoms with van der Waals surface area (Å²) < 4.78 is 13.9. The van der Waals surface area contributed by atoms with E-state index in [2.05, 4.69) is 31.2 Å². The molecule has 0 radical (unpaired) electrons. The van der Waals surface area contributed by atoms with Crippen molar-refractivity contribution in [2.24, 2.45) is 0 Å².